The zero-order valence-electron chi connectivity index (χ0n) is 16.2. The van der Waals surface area contributed by atoms with Gasteiger partial charge in [-0.2, -0.15) is 0 Å². The minimum atomic E-state index is -0.461. The monoisotopic (exact) mass is 362 g/mol. The van der Waals surface area contributed by atoms with E-state index in [-0.39, 0.29) is 12.1 Å². The maximum Gasteiger partial charge on any atom is 0.410 e. The van der Waals surface area contributed by atoms with Gasteiger partial charge in [-0.05, 0) is 57.7 Å². The molecule has 0 spiro atoms. The van der Waals surface area contributed by atoms with Crippen LogP contribution in [0.15, 0.2) is 24.3 Å². The second-order valence-electron chi connectivity index (χ2n) is 7.66. The van der Waals surface area contributed by atoms with Gasteiger partial charge in [0.2, 0.25) is 0 Å². The van der Waals surface area contributed by atoms with Crippen molar-refractivity contribution < 1.29 is 19.1 Å². The summed E-state index contributed by atoms with van der Waals surface area (Å²) < 4.78 is 10.1. The lowest BCUT2D eigenvalue weighted by Crippen LogP contribution is -2.44. The van der Waals surface area contributed by atoms with Gasteiger partial charge in [-0.1, -0.05) is 12.1 Å². The molecule has 0 saturated carbocycles. The number of anilines is 1. The van der Waals surface area contributed by atoms with Crippen LogP contribution < -0.4 is 5.32 Å². The summed E-state index contributed by atoms with van der Waals surface area (Å²) >= 11 is 0. The summed E-state index contributed by atoms with van der Waals surface area (Å²) in [6, 6.07) is 8.43. The molecule has 0 bridgehead atoms. The Bertz CT molecular complexity index is 616. The van der Waals surface area contributed by atoms with E-state index in [1.54, 1.807) is 4.90 Å². The number of nitrogens with zero attached hydrogens (tertiary/aromatic N) is 1. The third kappa shape index (κ3) is 6.58. The number of piperidine rings is 1. The van der Waals surface area contributed by atoms with Gasteiger partial charge in [0.25, 0.3) is 0 Å². The molecule has 1 aliphatic heterocycles. The Kier molecular flexibility index (Phi) is 6.89. The largest absolute Gasteiger partial charge is 0.469 e. The normalized spacial score (nSPS) is 15.5. The van der Waals surface area contributed by atoms with Crippen molar-refractivity contribution in [2.75, 3.05) is 25.5 Å². The fraction of sp³-hybridized carbons (Fsp3) is 0.600. The van der Waals surface area contributed by atoms with Gasteiger partial charge in [0.1, 0.15) is 5.60 Å². The highest BCUT2D eigenvalue weighted by Gasteiger charge is 2.26. The molecule has 26 heavy (non-hydrogen) atoms. The lowest BCUT2D eigenvalue weighted by atomic mass is 10.0. The molecule has 1 N–H and O–H groups in total. The Morgan fingerprint density at radius 2 is 1.92 bits per heavy atom. The van der Waals surface area contributed by atoms with E-state index in [9.17, 15) is 9.59 Å². The van der Waals surface area contributed by atoms with Gasteiger partial charge in [-0.15, -0.1) is 0 Å². The summed E-state index contributed by atoms with van der Waals surface area (Å²) in [4.78, 5) is 25.2. The average molecular weight is 362 g/mol. The number of ether oxygens (including phenoxy) is 2. The van der Waals surface area contributed by atoms with Gasteiger partial charge in [0.15, 0.2) is 0 Å². The molecule has 1 saturated heterocycles. The molecule has 1 heterocycles. The molecular weight excluding hydrogens is 332 g/mol. The second-order valence-corrected chi connectivity index (χ2v) is 7.66. The molecule has 0 aliphatic carbocycles. The van der Waals surface area contributed by atoms with Crippen LogP contribution in [0.4, 0.5) is 10.5 Å². The number of nitrogens with one attached hydrogen (secondary N) is 1. The predicted molar refractivity (Wildman–Crippen MR) is 101 cm³/mol. The van der Waals surface area contributed by atoms with Crippen molar-refractivity contribution in [2.45, 2.75) is 58.1 Å². The van der Waals surface area contributed by atoms with Gasteiger partial charge < -0.3 is 19.7 Å². The minimum Gasteiger partial charge on any atom is -0.469 e. The van der Waals surface area contributed by atoms with Gasteiger partial charge in [-0.3, -0.25) is 4.79 Å². The second kappa shape index (κ2) is 8.92. The van der Waals surface area contributed by atoms with Crippen molar-refractivity contribution in [1.82, 2.24) is 4.90 Å². The smallest absolute Gasteiger partial charge is 0.410 e. The Morgan fingerprint density at radius 3 is 2.54 bits per heavy atom. The van der Waals surface area contributed by atoms with Gasteiger partial charge >= 0.3 is 12.1 Å². The van der Waals surface area contributed by atoms with Gasteiger partial charge in [0, 0.05) is 31.2 Å². The topological polar surface area (TPSA) is 67.9 Å². The molecule has 1 amide bonds. The number of amides is 1. The van der Waals surface area contributed by atoms with E-state index in [1.165, 1.54) is 7.11 Å². The Hall–Kier alpha value is -2.24. The van der Waals surface area contributed by atoms with Crippen LogP contribution >= 0.6 is 0 Å². The van der Waals surface area contributed by atoms with Crippen LogP contribution in [0.25, 0.3) is 0 Å². The summed E-state index contributed by atoms with van der Waals surface area (Å²) in [6.07, 6.45) is 2.57. The number of benzene rings is 1. The van der Waals surface area contributed by atoms with Crippen molar-refractivity contribution in [3.8, 4) is 0 Å². The Balaban J connectivity index is 1.82. The zero-order valence-corrected chi connectivity index (χ0v) is 16.2. The van der Waals surface area contributed by atoms with Gasteiger partial charge in [-0.25, -0.2) is 4.79 Å². The first kappa shape index (κ1) is 20.1. The van der Waals surface area contributed by atoms with E-state index in [0.717, 1.165) is 24.1 Å². The fourth-order valence-electron chi connectivity index (χ4n) is 2.93. The molecule has 0 aromatic heterocycles. The number of hydrogen-bond donors (Lipinski definition) is 1. The van der Waals surface area contributed by atoms with Crippen molar-refractivity contribution in [3.63, 3.8) is 0 Å². The highest BCUT2D eigenvalue weighted by molar-refractivity contribution is 5.69. The zero-order chi connectivity index (χ0) is 19.2. The van der Waals surface area contributed by atoms with Crippen LogP contribution in [0, 0.1) is 0 Å². The average Bonchev–Trinajstić information content (AvgIpc) is 2.59. The van der Waals surface area contributed by atoms with E-state index < -0.39 is 5.60 Å². The van der Waals surface area contributed by atoms with Crippen molar-refractivity contribution in [3.05, 3.63) is 29.8 Å². The molecule has 144 valence electrons. The Labute approximate surface area is 155 Å². The molecule has 1 aromatic carbocycles. The Morgan fingerprint density at radius 1 is 1.23 bits per heavy atom. The molecule has 0 atom stereocenters. The summed E-state index contributed by atoms with van der Waals surface area (Å²) in [7, 11) is 1.41. The maximum absolute atomic E-state index is 12.1. The number of methoxy groups -OCH3 is 1. The fourth-order valence-corrected chi connectivity index (χ4v) is 2.93. The van der Waals surface area contributed by atoms with Crippen LogP contribution in [0.1, 0.15) is 45.6 Å². The van der Waals surface area contributed by atoms with Crippen LogP contribution in [0.5, 0.6) is 0 Å². The number of esters is 1. The SMILES string of the molecule is COC(=O)CCc1cccc(NC2CCN(C(=O)OC(C)(C)C)CC2)c1. The molecule has 1 fully saturated rings. The van der Waals surface area contributed by atoms with E-state index in [1.807, 2.05) is 39.0 Å². The molecule has 0 radical (unpaired) electrons. The highest BCUT2D eigenvalue weighted by Crippen LogP contribution is 2.20. The molecule has 1 aliphatic rings. The van der Waals surface area contributed by atoms with Crippen LogP contribution in [0.3, 0.4) is 0 Å². The van der Waals surface area contributed by atoms with Gasteiger partial charge in [0.05, 0.1) is 7.11 Å². The lowest BCUT2D eigenvalue weighted by molar-refractivity contribution is -0.140. The first-order chi connectivity index (χ1) is 12.3. The minimum absolute atomic E-state index is 0.196. The van der Waals surface area contributed by atoms with Crippen molar-refractivity contribution in [2.24, 2.45) is 0 Å². The third-order valence-corrected chi connectivity index (χ3v) is 4.29. The molecule has 0 unspecified atom stereocenters. The van der Waals surface area contributed by atoms with Crippen molar-refractivity contribution >= 4 is 17.7 Å². The molecule has 6 nitrogen and oxygen atoms in total. The maximum atomic E-state index is 12.1. The lowest BCUT2D eigenvalue weighted by Gasteiger charge is -2.34. The van der Waals surface area contributed by atoms with Crippen LogP contribution in [-0.4, -0.2) is 48.8 Å². The summed E-state index contributed by atoms with van der Waals surface area (Å²) in [5.74, 6) is -0.196. The van der Waals surface area contributed by atoms with Crippen LogP contribution in [0.2, 0.25) is 0 Å². The molecular formula is C20H30N2O4. The number of hydrogen-bond acceptors (Lipinski definition) is 5. The predicted octanol–water partition coefficient (Wildman–Crippen LogP) is 3.60. The number of rotatable bonds is 5. The van der Waals surface area contributed by atoms with Crippen molar-refractivity contribution in [1.29, 1.82) is 0 Å². The molecule has 2 rings (SSSR count). The molecule has 1 aromatic rings. The first-order valence-electron chi connectivity index (χ1n) is 9.17. The summed E-state index contributed by atoms with van der Waals surface area (Å²) in [5.41, 5.74) is 1.69. The summed E-state index contributed by atoms with van der Waals surface area (Å²) in [6.45, 7) is 7.02. The van der Waals surface area contributed by atoms with E-state index in [2.05, 4.69) is 16.1 Å². The standard InChI is InChI=1S/C20H30N2O4/c1-20(2,3)26-19(24)22-12-10-16(11-13-22)21-17-7-5-6-15(14-17)8-9-18(23)25-4/h5-7,14,16,21H,8-13H2,1-4H3. The van der Waals surface area contributed by atoms with E-state index in [0.29, 0.717) is 32.0 Å². The van der Waals surface area contributed by atoms with E-state index >= 15 is 0 Å². The number of carbonyl (C=O) groups is 2. The third-order valence-electron chi connectivity index (χ3n) is 4.29. The first-order valence-corrected chi connectivity index (χ1v) is 9.17. The number of likely N-dealkylation sites (tertiary alicyclic amines) is 1. The van der Waals surface area contributed by atoms with E-state index in [4.69, 9.17) is 4.74 Å². The number of carbonyl (C=O) groups excluding carboxylic acids is 2. The number of aryl methyl sites for hydroxylation is 1. The quantitative estimate of drug-likeness (QED) is 0.811. The van der Waals surface area contributed by atoms with Crippen LogP contribution in [-0.2, 0) is 20.7 Å². The highest BCUT2D eigenvalue weighted by atomic mass is 16.6. The molecule has 6 heteroatoms. The summed E-state index contributed by atoms with van der Waals surface area (Å²) in [5, 5.41) is 3.54.